The van der Waals surface area contributed by atoms with Crippen molar-refractivity contribution in [3.63, 3.8) is 0 Å². The summed E-state index contributed by atoms with van der Waals surface area (Å²) in [5, 5.41) is 0. The Morgan fingerprint density at radius 3 is 2.40 bits per heavy atom. The van der Waals surface area contributed by atoms with Crippen LogP contribution in [0.15, 0.2) is 49.1 Å². The molecule has 0 spiro atoms. The summed E-state index contributed by atoms with van der Waals surface area (Å²) in [5.41, 5.74) is 1.93. The molecule has 1 aliphatic heterocycles. The number of methoxy groups -OCH3 is 2. The topological polar surface area (TPSA) is 76.2 Å². The van der Waals surface area contributed by atoms with Crippen molar-refractivity contribution in [2.75, 3.05) is 34.4 Å². The van der Waals surface area contributed by atoms with Crippen LogP contribution in [0, 0.1) is 0 Å². The molecule has 1 heterocycles. The van der Waals surface area contributed by atoms with Crippen molar-refractivity contribution < 1.29 is 23.9 Å². The highest BCUT2D eigenvalue weighted by Crippen LogP contribution is 2.28. The van der Waals surface area contributed by atoms with Crippen molar-refractivity contribution in [3.05, 3.63) is 71.3 Å². The normalized spacial score (nSPS) is 12.6. The molecule has 2 aromatic rings. The van der Waals surface area contributed by atoms with E-state index in [2.05, 4.69) is 6.58 Å². The minimum atomic E-state index is -0.405. The molecule has 7 nitrogen and oxygen atoms in total. The van der Waals surface area contributed by atoms with Gasteiger partial charge in [0.05, 0.1) is 25.3 Å². The number of fused-ring (bicyclic) bond motifs is 1. The van der Waals surface area contributed by atoms with Gasteiger partial charge in [0.1, 0.15) is 0 Å². The summed E-state index contributed by atoms with van der Waals surface area (Å²) in [7, 11) is 4.86. The zero-order valence-corrected chi connectivity index (χ0v) is 17.3. The predicted molar refractivity (Wildman–Crippen MR) is 112 cm³/mol. The Balaban J connectivity index is 1.71. The van der Waals surface area contributed by atoms with Crippen LogP contribution in [0.5, 0.6) is 11.5 Å². The summed E-state index contributed by atoms with van der Waals surface area (Å²) in [4.78, 5) is 40.3. The highest BCUT2D eigenvalue weighted by atomic mass is 16.5. The summed E-state index contributed by atoms with van der Waals surface area (Å²) in [6.07, 6.45) is 2.12. The molecular weight excluding hydrogens is 384 g/mol. The Labute approximate surface area is 175 Å². The summed E-state index contributed by atoms with van der Waals surface area (Å²) < 4.78 is 10.6. The molecule has 0 aliphatic carbocycles. The van der Waals surface area contributed by atoms with E-state index in [9.17, 15) is 14.4 Å². The molecule has 0 atom stereocenters. The van der Waals surface area contributed by atoms with Gasteiger partial charge in [-0.3, -0.25) is 19.3 Å². The standard InChI is InChI=1S/C23H24N2O5/c1-5-11-25-22(27)17-8-7-16(14-18(17)23(25)28)21(26)24(2)12-10-15-6-9-19(29-3)20(13-15)30-4/h5-9,13-14H,1,10-12H2,2-4H3. The van der Waals surface area contributed by atoms with Gasteiger partial charge in [0, 0.05) is 25.7 Å². The van der Waals surface area contributed by atoms with E-state index in [4.69, 9.17) is 9.47 Å². The Kier molecular flexibility index (Phi) is 6.20. The largest absolute Gasteiger partial charge is 0.493 e. The van der Waals surface area contributed by atoms with Crippen LogP contribution in [-0.4, -0.2) is 61.9 Å². The van der Waals surface area contributed by atoms with Gasteiger partial charge in [-0.15, -0.1) is 6.58 Å². The molecule has 156 valence electrons. The van der Waals surface area contributed by atoms with Crippen LogP contribution in [0.2, 0.25) is 0 Å². The number of likely N-dealkylation sites (N-methyl/N-ethyl adjacent to an activating group) is 1. The maximum Gasteiger partial charge on any atom is 0.261 e. The minimum Gasteiger partial charge on any atom is -0.493 e. The molecule has 0 bridgehead atoms. The summed E-state index contributed by atoms with van der Waals surface area (Å²) >= 11 is 0. The lowest BCUT2D eigenvalue weighted by atomic mass is 10.0. The number of hydrogen-bond donors (Lipinski definition) is 0. The van der Waals surface area contributed by atoms with Crippen LogP contribution in [0.3, 0.4) is 0 Å². The smallest absolute Gasteiger partial charge is 0.261 e. The number of carbonyl (C=O) groups excluding carboxylic acids is 3. The third-order valence-corrected chi connectivity index (χ3v) is 5.06. The first-order valence-corrected chi connectivity index (χ1v) is 9.48. The molecule has 0 saturated carbocycles. The van der Waals surface area contributed by atoms with Crippen molar-refractivity contribution in [3.8, 4) is 11.5 Å². The monoisotopic (exact) mass is 408 g/mol. The van der Waals surface area contributed by atoms with E-state index in [0.29, 0.717) is 35.6 Å². The maximum absolute atomic E-state index is 12.8. The van der Waals surface area contributed by atoms with Crippen molar-refractivity contribution in [1.82, 2.24) is 9.80 Å². The average molecular weight is 408 g/mol. The van der Waals surface area contributed by atoms with Gasteiger partial charge in [0.25, 0.3) is 17.7 Å². The van der Waals surface area contributed by atoms with Gasteiger partial charge >= 0.3 is 0 Å². The van der Waals surface area contributed by atoms with Crippen LogP contribution in [0.4, 0.5) is 0 Å². The third-order valence-electron chi connectivity index (χ3n) is 5.06. The van der Waals surface area contributed by atoms with Gasteiger partial charge in [-0.1, -0.05) is 12.1 Å². The molecule has 1 aliphatic rings. The second kappa shape index (κ2) is 8.82. The number of amides is 3. The quantitative estimate of drug-likeness (QED) is 0.496. The Bertz CT molecular complexity index is 1010. The van der Waals surface area contributed by atoms with Gasteiger partial charge in [-0.2, -0.15) is 0 Å². The Morgan fingerprint density at radius 1 is 1.03 bits per heavy atom. The van der Waals surface area contributed by atoms with E-state index in [1.807, 2.05) is 18.2 Å². The van der Waals surface area contributed by atoms with E-state index < -0.39 is 5.91 Å². The Morgan fingerprint density at radius 2 is 1.73 bits per heavy atom. The lowest BCUT2D eigenvalue weighted by Crippen LogP contribution is -2.29. The number of carbonyl (C=O) groups is 3. The first-order chi connectivity index (χ1) is 14.4. The number of nitrogens with zero attached hydrogens (tertiary/aromatic N) is 2. The van der Waals surface area contributed by atoms with Crippen LogP contribution >= 0.6 is 0 Å². The first-order valence-electron chi connectivity index (χ1n) is 9.48. The van der Waals surface area contributed by atoms with Gasteiger partial charge in [0.2, 0.25) is 0 Å². The zero-order valence-electron chi connectivity index (χ0n) is 17.3. The van der Waals surface area contributed by atoms with Crippen LogP contribution in [0.1, 0.15) is 36.6 Å². The van der Waals surface area contributed by atoms with E-state index in [-0.39, 0.29) is 23.9 Å². The molecule has 3 amide bonds. The molecule has 7 heteroatoms. The van der Waals surface area contributed by atoms with E-state index in [1.165, 1.54) is 18.2 Å². The third kappa shape index (κ3) is 3.91. The number of ether oxygens (including phenoxy) is 2. The zero-order chi connectivity index (χ0) is 21.8. The van der Waals surface area contributed by atoms with E-state index in [0.717, 1.165) is 10.5 Å². The van der Waals surface area contributed by atoms with E-state index in [1.54, 1.807) is 32.2 Å². The van der Waals surface area contributed by atoms with Gasteiger partial charge in [-0.25, -0.2) is 0 Å². The summed E-state index contributed by atoms with van der Waals surface area (Å²) in [5.74, 6) is 0.289. The van der Waals surface area contributed by atoms with Crippen molar-refractivity contribution in [1.29, 1.82) is 0 Å². The molecule has 2 aromatic carbocycles. The lowest BCUT2D eigenvalue weighted by molar-refractivity contribution is 0.0671. The molecule has 0 N–H and O–H groups in total. The number of imide groups is 1. The first kappa shape index (κ1) is 21.1. The number of benzene rings is 2. The van der Waals surface area contributed by atoms with Crippen LogP contribution in [-0.2, 0) is 6.42 Å². The molecular formula is C23H24N2O5. The van der Waals surface area contributed by atoms with Crippen LogP contribution < -0.4 is 9.47 Å². The second-order valence-electron chi connectivity index (χ2n) is 6.94. The molecule has 0 aromatic heterocycles. The molecule has 3 rings (SSSR count). The molecule has 0 unspecified atom stereocenters. The Hall–Kier alpha value is -3.61. The fourth-order valence-corrected chi connectivity index (χ4v) is 3.37. The predicted octanol–water partition coefficient (Wildman–Crippen LogP) is 2.80. The molecule has 0 fully saturated rings. The van der Waals surface area contributed by atoms with Crippen molar-refractivity contribution >= 4 is 17.7 Å². The highest BCUT2D eigenvalue weighted by Gasteiger charge is 2.35. The molecule has 0 saturated heterocycles. The van der Waals surface area contributed by atoms with Crippen molar-refractivity contribution in [2.45, 2.75) is 6.42 Å². The van der Waals surface area contributed by atoms with Crippen LogP contribution in [0.25, 0.3) is 0 Å². The molecule has 30 heavy (non-hydrogen) atoms. The maximum atomic E-state index is 12.8. The summed E-state index contributed by atoms with van der Waals surface area (Å²) in [6.45, 7) is 4.18. The second-order valence-corrected chi connectivity index (χ2v) is 6.94. The highest BCUT2D eigenvalue weighted by molar-refractivity contribution is 6.22. The van der Waals surface area contributed by atoms with E-state index >= 15 is 0 Å². The number of rotatable bonds is 8. The fourth-order valence-electron chi connectivity index (χ4n) is 3.37. The summed E-state index contributed by atoms with van der Waals surface area (Å²) in [6, 6.07) is 10.2. The average Bonchev–Trinajstić information content (AvgIpc) is 3.01. The minimum absolute atomic E-state index is 0.140. The lowest BCUT2D eigenvalue weighted by Gasteiger charge is -2.18. The van der Waals surface area contributed by atoms with Crippen molar-refractivity contribution in [2.24, 2.45) is 0 Å². The SMILES string of the molecule is C=CCN1C(=O)c2ccc(C(=O)N(C)CCc3ccc(OC)c(OC)c3)cc2C1=O. The van der Waals surface area contributed by atoms with Gasteiger partial charge < -0.3 is 14.4 Å². The molecule has 0 radical (unpaired) electrons. The van der Waals surface area contributed by atoms with Gasteiger partial charge in [-0.05, 0) is 42.3 Å². The fraction of sp³-hybridized carbons (Fsp3) is 0.261. The van der Waals surface area contributed by atoms with Gasteiger partial charge in [0.15, 0.2) is 11.5 Å². The number of hydrogen-bond acceptors (Lipinski definition) is 5.